The third-order valence-electron chi connectivity index (χ3n) is 3.78. The maximum atomic E-state index is 10.9. The molecule has 1 fully saturated rings. The van der Waals surface area contributed by atoms with Gasteiger partial charge in [0.15, 0.2) is 5.69 Å². The summed E-state index contributed by atoms with van der Waals surface area (Å²) in [6.07, 6.45) is 1.64. The number of aromatic carboxylic acids is 1. The van der Waals surface area contributed by atoms with E-state index in [1.807, 2.05) is 27.7 Å². The standard InChI is InChI=1S/C14H19BN2O4/c1-13(2)14(3,4)21-15(20-13)6-5-10-7-9(16)8-11(17-10)12(18)19/h5-8H,1-4H3,(H2,16,17)(H,18,19)/b6-5+. The molecule has 6 nitrogen and oxygen atoms in total. The Hall–Kier alpha value is -1.86. The van der Waals surface area contributed by atoms with E-state index in [4.69, 9.17) is 20.1 Å². The van der Waals surface area contributed by atoms with Gasteiger partial charge in [0, 0.05) is 5.69 Å². The predicted octanol–water partition coefficient (Wildman–Crippen LogP) is 2.01. The van der Waals surface area contributed by atoms with Crippen molar-refractivity contribution in [2.75, 3.05) is 5.73 Å². The van der Waals surface area contributed by atoms with Crippen LogP contribution in [0.5, 0.6) is 0 Å². The first-order valence-electron chi connectivity index (χ1n) is 6.65. The zero-order chi connectivity index (χ0) is 15.8. The number of pyridine rings is 1. The van der Waals surface area contributed by atoms with Crippen molar-refractivity contribution in [3.8, 4) is 0 Å². The van der Waals surface area contributed by atoms with Crippen molar-refractivity contribution in [3.63, 3.8) is 0 Å². The van der Waals surface area contributed by atoms with Crippen LogP contribution >= 0.6 is 0 Å². The van der Waals surface area contributed by atoms with Gasteiger partial charge in [-0.3, -0.25) is 0 Å². The second-order valence-corrected chi connectivity index (χ2v) is 6.00. The minimum Gasteiger partial charge on any atom is -0.477 e. The number of nitrogens with two attached hydrogens (primary N) is 1. The molecule has 0 amide bonds. The van der Waals surface area contributed by atoms with Crippen molar-refractivity contribution in [2.24, 2.45) is 0 Å². The number of carbonyl (C=O) groups is 1. The summed E-state index contributed by atoms with van der Waals surface area (Å²) in [4.78, 5) is 14.9. The summed E-state index contributed by atoms with van der Waals surface area (Å²) in [6.45, 7) is 7.84. The van der Waals surface area contributed by atoms with E-state index >= 15 is 0 Å². The van der Waals surface area contributed by atoms with Crippen molar-refractivity contribution in [1.82, 2.24) is 4.98 Å². The lowest BCUT2D eigenvalue weighted by atomic mass is 9.89. The van der Waals surface area contributed by atoms with Gasteiger partial charge in [0.25, 0.3) is 0 Å². The van der Waals surface area contributed by atoms with E-state index in [0.717, 1.165) is 0 Å². The number of carboxylic acid groups (broad SMARTS) is 1. The third kappa shape index (κ3) is 3.25. The number of aromatic nitrogens is 1. The molecule has 0 unspecified atom stereocenters. The van der Waals surface area contributed by atoms with Crippen molar-refractivity contribution in [1.29, 1.82) is 0 Å². The van der Waals surface area contributed by atoms with E-state index in [0.29, 0.717) is 11.4 Å². The minimum absolute atomic E-state index is 0.0939. The molecule has 21 heavy (non-hydrogen) atoms. The van der Waals surface area contributed by atoms with Gasteiger partial charge in [-0.1, -0.05) is 5.98 Å². The average Bonchev–Trinajstić information content (AvgIpc) is 2.54. The van der Waals surface area contributed by atoms with Gasteiger partial charge in [0.05, 0.1) is 16.9 Å². The van der Waals surface area contributed by atoms with Crippen LogP contribution in [0.1, 0.15) is 43.9 Å². The van der Waals surface area contributed by atoms with Gasteiger partial charge in [0.2, 0.25) is 0 Å². The summed E-state index contributed by atoms with van der Waals surface area (Å²) < 4.78 is 11.6. The van der Waals surface area contributed by atoms with E-state index in [1.165, 1.54) is 6.07 Å². The fourth-order valence-electron chi connectivity index (χ4n) is 1.91. The topological polar surface area (TPSA) is 94.7 Å². The quantitative estimate of drug-likeness (QED) is 0.827. The molecule has 0 radical (unpaired) electrons. The number of hydrogen-bond acceptors (Lipinski definition) is 5. The largest absolute Gasteiger partial charge is 0.487 e. The lowest BCUT2D eigenvalue weighted by Crippen LogP contribution is -2.41. The molecule has 0 atom stereocenters. The van der Waals surface area contributed by atoms with Crippen molar-refractivity contribution < 1.29 is 19.2 Å². The van der Waals surface area contributed by atoms with Crippen LogP contribution in [0.4, 0.5) is 5.69 Å². The van der Waals surface area contributed by atoms with Gasteiger partial charge in [0.1, 0.15) is 0 Å². The van der Waals surface area contributed by atoms with Crippen LogP contribution in [0.2, 0.25) is 0 Å². The lowest BCUT2D eigenvalue weighted by Gasteiger charge is -2.32. The number of carboxylic acids is 1. The highest BCUT2D eigenvalue weighted by Crippen LogP contribution is 2.36. The zero-order valence-electron chi connectivity index (χ0n) is 12.6. The third-order valence-corrected chi connectivity index (χ3v) is 3.78. The molecule has 0 aliphatic carbocycles. The highest BCUT2D eigenvalue weighted by atomic mass is 16.7. The number of nitrogen functional groups attached to an aromatic ring is 1. The Morgan fingerprint density at radius 3 is 2.38 bits per heavy atom. The fraction of sp³-hybridized carbons (Fsp3) is 0.429. The second kappa shape index (κ2) is 5.16. The summed E-state index contributed by atoms with van der Waals surface area (Å²) in [5.74, 6) is 0.580. The molecule has 1 saturated heterocycles. The molecule has 7 heteroatoms. The van der Waals surface area contributed by atoms with Crippen LogP contribution in [0.15, 0.2) is 18.1 Å². The van der Waals surface area contributed by atoms with Gasteiger partial charge < -0.3 is 20.1 Å². The van der Waals surface area contributed by atoms with Crippen LogP contribution in [0.3, 0.4) is 0 Å². The molecule has 1 aliphatic heterocycles. The highest BCUT2D eigenvalue weighted by molar-refractivity contribution is 6.52. The Bertz CT molecular complexity index is 583. The van der Waals surface area contributed by atoms with Crippen molar-refractivity contribution in [3.05, 3.63) is 29.5 Å². The first-order chi connectivity index (χ1) is 9.60. The van der Waals surface area contributed by atoms with Crippen molar-refractivity contribution >= 4 is 24.9 Å². The van der Waals surface area contributed by atoms with Gasteiger partial charge in [-0.2, -0.15) is 0 Å². The highest BCUT2D eigenvalue weighted by Gasteiger charge is 2.50. The minimum atomic E-state index is -1.12. The van der Waals surface area contributed by atoms with E-state index in [-0.39, 0.29) is 5.69 Å². The summed E-state index contributed by atoms with van der Waals surface area (Å²) in [7, 11) is -0.508. The monoisotopic (exact) mass is 290 g/mol. The van der Waals surface area contributed by atoms with Crippen LogP contribution in [0.25, 0.3) is 6.08 Å². The first kappa shape index (κ1) is 15.5. The van der Waals surface area contributed by atoms with E-state index < -0.39 is 24.3 Å². The average molecular weight is 290 g/mol. The lowest BCUT2D eigenvalue weighted by molar-refractivity contribution is 0.00578. The first-order valence-corrected chi connectivity index (χ1v) is 6.65. The molecule has 3 N–H and O–H groups in total. The molecule has 112 valence electrons. The van der Waals surface area contributed by atoms with Crippen LogP contribution in [0, 0.1) is 0 Å². The normalized spacial score (nSPS) is 20.1. The number of rotatable bonds is 3. The maximum Gasteiger partial charge on any atom is 0.487 e. The van der Waals surface area contributed by atoms with E-state index in [9.17, 15) is 4.79 Å². The van der Waals surface area contributed by atoms with Crippen LogP contribution in [-0.4, -0.2) is 34.4 Å². The molecule has 0 bridgehead atoms. The Balaban J connectivity index is 2.18. The Morgan fingerprint density at radius 2 is 1.86 bits per heavy atom. The summed E-state index contributed by atoms with van der Waals surface area (Å²) >= 11 is 0. The molecule has 2 heterocycles. The maximum absolute atomic E-state index is 10.9. The molecule has 0 saturated carbocycles. The predicted molar refractivity (Wildman–Crippen MR) is 80.7 cm³/mol. The summed E-state index contributed by atoms with van der Waals surface area (Å²) in [6, 6.07) is 2.91. The smallest absolute Gasteiger partial charge is 0.477 e. The molecular weight excluding hydrogens is 271 g/mol. The number of hydrogen-bond donors (Lipinski definition) is 2. The van der Waals surface area contributed by atoms with Crippen molar-refractivity contribution in [2.45, 2.75) is 38.9 Å². The van der Waals surface area contributed by atoms with Gasteiger partial charge >= 0.3 is 13.1 Å². The van der Waals surface area contributed by atoms with Gasteiger partial charge in [-0.05, 0) is 45.9 Å². The molecular formula is C14H19BN2O4. The molecule has 0 aromatic carbocycles. The Morgan fingerprint density at radius 1 is 1.29 bits per heavy atom. The molecule has 1 aromatic heterocycles. The molecule has 1 aromatic rings. The molecule has 0 spiro atoms. The Kier molecular flexibility index (Phi) is 3.82. The summed E-state index contributed by atoms with van der Waals surface area (Å²) in [5.41, 5.74) is 5.52. The van der Waals surface area contributed by atoms with Gasteiger partial charge in [-0.15, -0.1) is 0 Å². The SMILES string of the molecule is CC1(C)OB(/C=C/c2cc(N)cc(C(=O)O)n2)OC1(C)C. The zero-order valence-corrected chi connectivity index (χ0v) is 12.6. The fourth-order valence-corrected chi connectivity index (χ4v) is 1.91. The molecule has 2 rings (SSSR count). The van der Waals surface area contributed by atoms with E-state index in [2.05, 4.69) is 4.98 Å². The summed E-state index contributed by atoms with van der Waals surface area (Å²) in [5, 5.41) is 8.96. The number of nitrogens with zero attached hydrogens (tertiary/aromatic N) is 1. The van der Waals surface area contributed by atoms with Crippen LogP contribution in [-0.2, 0) is 9.31 Å². The van der Waals surface area contributed by atoms with Crippen LogP contribution < -0.4 is 5.73 Å². The number of anilines is 1. The molecule has 1 aliphatic rings. The van der Waals surface area contributed by atoms with Gasteiger partial charge in [-0.25, -0.2) is 9.78 Å². The Labute approximate surface area is 124 Å². The second-order valence-electron chi connectivity index (χ2n) is 6.00. The van der Waals surface area contributed by atoms with E-state index in [1.54, 1.807) is 18.1 Å².